The molecule has 1 amide bonds. The second-order valence-electron chi connectivity index (χ2n) is 7.69. The molecule has 1 aliphatic heterocycles. The van der Waals surface area contributed by atoms with E-state index in [1.54, 1.807) is 0 Å². The van der Waals surface area contributed by atoms with Crippen LogP contribution in [-0.2, 0) is 25.0 Å². The van der Waals surface area contributed by atoms with E-state index in [9.17, 15) is 17.6 Å². The van der Waals surface area contributed by atoms with E-state index in [1.807, 2.05) is 30.3 Å². The summed E-state index contributed by atoms with van der Waals surface area (Å²) in [6.45, 7) is 3.06. The first-order chi connectivity index (χ1) is 14.2. The zero-order valence-electron chi connectivity index (χ0n) is 17.2. The van der Waals surface area contributed by atoms with Gasteiger partial charge >= 0.3 is 0 Å². The van der Waals surface area contributed by atoms with Crippen LogP contribution in [0.3, 0.4) is 0 Å². The molecule has 0 radical (unpaired) electrons. The van der Waals surface area contributed by atoms with Crippen molar-refractivity contribution < 1.29 is 22.3 Å². The van der Waals surface area contributed by atoms with Gasteiger partial charge in [-0.15, -0.1) is 0 Å². The number of nitrogens with one attached hydrogen (secondary N) is 1. The fourth-order valence-corrected chi connectivity index (χ4v) is 5.11. The van der Waals surface area contributed by atoms with Gasteiger partial charge in [-0.25, -0.2) is 12.8 Å². The van der Waals surface area contributed by atoms with Crippen LogP contribution in [0.25, 0.3) is 0 Å². The lowest BCUT2D eigenvalue weighted by atomic mass is 9.74. The number of rotatable bonds is 7. The van der Waals surface area contributed by atoms with Crippen LogP contribution in [-0.4, -0.2) is 46.4 Å². The number of hydrogen-bond acceptors (Lipinski definition) is 4. The first kappa shape index (κ1) is 22.2. The summed E-state index contributed by atoms with van der Waals surface area (Å²) in [6.07, 6.45) is 2.52. The molecule has 0 spiro atoms. The molecule has 1 heterocycles. The zero-order valence-corrected chi connectivity index (χ0v) is 18.0. The Kier molecular flexibility index (Phi) is 6.77. The van der Waals surface area contributed by atoms with Crippen molar-refractivity contribution in [3.8, 4) is 0 Å². The zero-order chi connectivity index (χ0) is 21.8. The molecule has 1 saturated heterocycles. The number of sulfonamides is 1. The highest BCUT2D eigenvalue weighted by atomic mass is 32.2. The molecule has 1 N–H and O–H groups in total. The Morgan fingerprint density at radius 2 is 1.83 bits per heavy atom. The molecule has 0 bridgehead atoms. The van der Waals surface area contributed by atoms with Crippen molar-refractivity contribution >= 4 is 21.6 Å². The maximum absolute atomic E-state index is 13.7. The van der Waals surface area contributed by atoms with Crippen molar-refractivity contribution in [2.75, 3.05) is 30.3 Å². The summed E-state index contributed by atoms with van der Waals surface area (Å²) in [4.78, 5) is 13.0. The Bertz CT molecular complexity index is 976. The molecule has 1 unspecified atom stereocenters. The van der Waals surface area contributed by atoms with Crippen LogP contribution < -0.4 is 9.62 Å². The van der Waals surface area contributed by atoms with Gasteiger partial charge in [-0.05, 0) is 43.5 Å². The monoisotopic (exact) mass is 434 g/mol. The van der Waals surface area contributed by atoms with Gasteiger partial charge < -0.3 is 10.1 Å². The summed E-state index contributed by atoms with van der Waals surface area (Å²) in [5, 5.41) is 2.93. The van der Waals surface area contributed by atoms with Crippen molar-refractivity contribution in [3.05, 3.63) is 66.0 Å². The van der Waals surface area contributed by atoms with Gasteiger partial charge in [0.1, 0.15) is 11.9 Å². The predicted molar refractivity (Wildman–Crippen MR) is 114 cm³/mol. The van der Waals surface area contributed by atoms with Crippen molar-refractivity contribution in [3.63, 3.8) is 0 Å². The van der Waals surface area contributed by atoms with Crippen LogP contribution in [0, 0.1) is 5.82 Å². The lowest BCUT2D eigenvalue weighted by molar-refractivity contribution is -0.122. The third-order valence-electron chi connectivity index (χ3n) is 5.59. The second-order valence-corrected chi connectivity index (χ2v) is 9.55. The average Bonchev–Trinajstić information content (AvgIpc) is 2.72. The predicted octanol–water partition coefficient (Wildman–Crippen LogP) is 2.84. The topological polar surface area (TPSA) is 75.7 Å². The molecule has 30 heavy (non-hydrogen) atoms. The van der Waals surface area contributed by atoms with Gasteiger partial charge in [0.25, 0.3) is 0 Å². The lowest BCUT2D eigenvalue weighted by Crippen LogP contribution is -2.51. The smallest absolute Gasteiger partial charge is 0.243 e. The Morgan fingerprint density at radius 1 is 1.17 bits per heavy atom. The van der Waals surface area contributed by atoms with Crippen molar-refractivity contribution in [2.24, 2.45) is 0 Å². The standard InChI is InChI=1S/C22H27FN2O4S/c1-17(25(30(2,27)28)20-10-6-9-19(23)15-20)21(26)24-16-22(11-13-29-14-12-22)18-7-4-3-5-8-18/h3-10,15,17H,11-14,16H2,1-2H3,(H,24,26). The molecule has 1 fully saturated rings. The quantitative estimate of drug-likeness (QED) is 0.727. The molecule has 6 nitrogen and oxygen atoms in total. The Balaban J connectivity index is 1.81. The Hall–Kier alpha value is -2.45. The largest absolute Gasteiger partial charge is 0.381 e. The number of ether oxygens (including phenoxy) is 1. The third kappa shape index (κ3) is 4.99. The molecule has 162 valence electrons. The van der Waals surface area contributed by atoms with Crippen LogP contribution in [0.1, 0.15) is 25.3 Å². The maximum Gasteiger partial charge on any atom is 0.243 e. The highest BCUT2D eigenvalue weighted by molar-refractivity contribution is 7.92. The van der Waals surface area contributed by atoms with Gasteiger partial charge in [-0.3, -0.25) is 9.10 Å². The van der Waals surface area contributed by atoms with Crippen LogP contribution in [0.4, 0.5) is 10.1 Å². The highest BCUT2D eigenvalue weighted by Gasteiger charge is 2.36. The molecule has 2 aromatic rings. The van der Waals surface area contributed by atoms with Gasteiger partial charge in [0.2, 0.25) is 15.9 Å². The summed E-state index contributed by atoms with van der Waals surface area (Å²) in [6, 6.07) is 14.1. The third-order valence-corrected chi connectivity index (χ3v) is 6.83. The minimum Gasteiger partial charge on any atom is -0.381 e. The molecule has 1 aliphatic rings. The number of anilines is 1. The van der Waals surface area contributed by atoms with E-state index in [0.29, 0.717) is 19.8 Å². The summed E-state index contributed by atoms with van der Waals surface area (Å²) >= 11 is 0. The SMILES string of the molecule is CC(C(=O)NCC1(c2ccccc2)CCOCC1)N(c1cccc(F)c1)S(C)(=O)=O. The second kappa shape index (κ2) is 9.14. The molecule has 8 heteroatoms. The van der Waals surface area contributed by atoms with Crippen molar-refractivity contribution in [1.29, 1.82) is 0 Å². The normalized spacial score (nSPS) is 17.2. The number of nitrogens with zero attached hydrogens (tertiary/aromatic N) is 1. The molecule has 0 saturated carbocycles. The van der Waals surface area contributed by atoms with Gasteiger partial charge in [-0.2, -0.15) is 0 Å². The van der Waals surface area contributed by atoms with Gasteiger partial charge in [-0.1, -0.05) is 36.4 Å². The van der Waals surface area contributed by atoms with E-state index >= 15 is 0 Å². The van der Waals surface area contributed by atoms with Gasteiger partial charge in [0.15, 0.2) is 0 Å². The molecule has 1 atom stereocenters. The average molecular weight is 435 g/mol. The minimum absolute atomic E-state index is 0.115. The van der Waals surface area contributed by atoms with Crippen LogP contribution >= 0.6 is 0 Å². The van der Waals surface area contributed by atoms with E-state index < -0.39 is 27.8 Å². The van der Waals surface area contributed by atoms with Gasteiger partial charge in [0, 0.05) is 25.2 Å². The Labute approximate surface area is 177 Å². The van der Waals surface area contributed by atoms with E-state index in [1.165, 1.54) is 25.1 Å². The number of hydrogen-bond donors (Lipinski definition) is 1. The fourth-order valence-electron chi connectivity index (χ4n) is 3.95. The number of amides is 1. The lowest BCUT2D eigenvalue weighted by Gasteiger charge is -2.38. The number of carbonyl (C=O) groups excluding carboxylic acids is 1. The van der Waals surface area contributed by atoms with E-state index in [4.69, 9.17) is 4.74 Å². The molecule has 0 aromatic heterocycles. The van der Waals surface area contributed by atoms with Crippen LogP contribution in [0.15, 0.2) is 54.6 Å². The van der Waals surface area contributed by atoms with Crippen molar-refractivity contribution in [2.45, 2.75) is 31.2 Å². The van der Waals surface area contributed by atoms with Crippen LogP contribution in [0.2, 0.25) is 0 Å². The summed E-state index contributed by atoms with van der Waals surface area (Å²) in [5.74, 6) is -1.01. The molecule has 3 rings (SSSR count). The summed E-state index contributed by atoms with van der Waals surface area (Å²) < 4.78 is 44.9. The van der Waals surface area contributed by atoms with Crippen molar-refractivity contribution in [1.82, 2.24) is 5.32 Å². The molecule has 0 aliphatic carbocycles. The molecule has 2 aromatic carbocycles. The minimum atomic E-state index is -3.80. The maximum atomic E-state index is 13.7. The summed E-state index contributed by atoms with van der Waals surface area (Å²) in [5.41, 5.74) is 0.958. The molecular weight excluding hydrogens is 407 g/mol. The first-order valence-electron chi connectivity index (χ1n) is 9.89. The van der Waals surface area contributed by atoms with E-state index in [0.717, 1.165) is 35.0 Å². The van der Waals surface area contributed by atoms with Gasteiger partial charge in [0.05, 0.1) is 11.9 Å². The fraction of sp³-hybridized carbons (Fsp3) is 0.409. The molecular formula is C22H27FN2O4S. The first-order valence-corrected chi connectivity index (χ1v) is 11.7. The van der Waals surface area contributed by atoms with Crippen LogP contribution in [0.5, 0.6) is 0 Å². The van der Waals surface area contributed by atoms with E-state index in [2.05, 4.69) is 5.32 Å². The number of benzene rings is 2. The number of halogens is 1. The Morgan fingerprint density at radius 3 is 2.43 bits per heavy atom. The highest BCUT2D eigenvalue weighted by Crippen LogP contribution is 2.34. The number of carbonyl (C=O) groups is 1. The summed E-state index contributed by atoms with van der Waals surface area (Å²) in [7, 11) is -3.80. The van der Waals surface area contributed by atoms with E-state index in [-0.39, 0.29) is 11.1 Å².